The monoisotopic (exact) mass is 192 g/mol. The molecule has 72 valence electrons. The van der Waals surface area contributed by atoms with Crippen LogP contribution in [0.15, 0.2) is 30.3 Å². The van der Waals surface area contributed by atoms with Gasteiger partial charge in [0.05, 0.1) is 0 Å². The lowest BCUT2D eigenvalue weighted by molar-refractivity contribution is -0.131. The first kappa shape index (κ1) is 10.5. The maximum absolute atomic E-state index is 10.2. The van der Waals surface area contributed by atoms with E-state index in [4.69, 9.17) is 15.2 Å². The molecule has 0 saturated heterocycles. The lowest BCUT2D eigenvalue weighted by Crippen LogP contribution is -2.31. The van der Waals surface area contributed by atoms with E-state index < -0.39 is 13.1 Å². The number of rotatable bonds is 3. The molecule has 4 nitrogen and oxygen atoms in total. The molecule has 0 aliphatic carbocycles. The summed E-state index contributed by atoms with van der Waals surface area (Å²) in [5.41, 5.74) is 0.759. The third kappa shape index (κ3) is 2.72. The molecule has 0 amide bonds. The summed E-state index contributed by atoms with van der Waals surface area (Å²) in [5.74, 6) is -1.08. The van der Waals surface area contributed by atoms with Crippen molar-refractivity contribution in [3.63, 3.8) is 0 Å². The van der Waals surface area contributed by atoms with Crippen molar-refractivity contribution in [1.29, 1.82) is 0 Å². The molecule has 0 spiro atoms. The van der Waals surface area contributed by atoms with E-state index in [0.717, 1.165) is 6.08 Å². The van der Waals surface area contributed by atoms with E-state index in [1.807, 2.05) is 0 Å². The summed E-state index contributed by atoms with van der Waals surface area (Å²) < 4.78 is 0. The molecule has 1 aromatic rings. The zero-order valence-electron chi connectivity index (χ0n) is 7.29. The van der Waals surface area contributed by atoms with Gasteiger partial charge in [0.1, 0.15) is 0 Å². The third-order valence-electron chi connectivity index (χ3n) is 1.68. The standard InChI is InChI=1S/C9H9BO4/c11-9(12)6-5-7-3-1-2-4-8(7)10(13)14/h1-6,13-14H,(H,11,12). The van der Waals surface area contributed by atoms with Crippen LogP contribution in [-0.2, 0) is 4.79 Å². The molecule has 0 bridgehead atoms. The topological polar surface area (TPSA) is 77.8 Å². The minimum Gasteiger partial charge on any atom is -0.478 e. The van der Waals surface area contributed by atoms with E-state index >= 15 is 0 Å². The van der Waals surface area contributed by atoms with E-state index in [1.165, 1.54) is 12.1 Å². The molecular weight excluding hydrogens is 183 g/mol. The molecule has 0 aliphatic rings. The third-order valence-corrected chi connectivity index (χ3v) is 1.68. The van der Waals surface area contributed by atoms with Crippen molar-refractivity contribution in [2.45, 2.75) is 0 Å². The quantitative estimate of drug-likeness (QED) is 0.444. The van der Waals surface area contributed by atoms with Crippen molar-refractivity contribution < 1.29 is 19.9 Å². The lowest BCUT2D eigenvalue weighted by atomic mass is 9.77. The van der Waals surface area contributed by atoms with Crippen LogP contribution in [0.2, 0.25) is 0 Å². The van der Waals surface area contributed by atoms with Crippen LogP contribution < -0.4 is 5.46 Å². The fraction of sp³-hybridized carbons (Fsp3) is 0. The molecule has 0 fully saturated rings. The Balaban J connectivity index is 3.01. The second kappa shape index (κ2) is 4.60. The first-order chi connectivity index (χ1) is 6.61. The highest BCUT2D eigenvalue weighted by atomic mass is 16.4. The predicted molar refractivity (Wildman–Crippen MR) is 52.9 cm³/mol. The molecule has 0 unspecified atom stereocenters. The van der Waals surface area contributed by atoms with Gasteiger partial charge in [-0.1, -0.05) is 24.3 Å². The van der Waals surface area contributed by atoms with Gasteiger partial charge in [0, 0.05) is 6.08 Å². The summed E-state index contributed by atoms with van der Waals surface area (Å²) >= 11 is 0. The molecule has 1 rings (SSSR count). The van der Waals surface area contributed by atoms with Gasteiger partial charge in [-0.3, -0.25) is 0 Å². The summed E-state index contributed by atoms with van der Waals surface area (Å²) in [7, 11) is -1.59. The van der Waals surface area contributed by atoms with E-state index in [9.17, 15) is 4.79 Å². The first-order valence-corrected chi connectivity index (χ1v) is 3.97. The molecule has 0 aromatic heterocycles. The van der Waals surface area contributed by atoms with Crippen LogP contribution in [0, 0.1) is 0 Å². The van der Waals surface area contributed by atoms with Crippen LogP contribution in [0.5, 0.6) is 0 Å². The van der Waals surface area contributed by atoms with Crippen molar-refractivity contribution in [2.75, 3.05) is 0 Å². The SMILES string of the molecule is O=C(O)C=Cc1ccccc1B(O)O. The van der Waals surface area contributed by atoms with Gasteiger partial charge in [0.25, 0.3) is 0 Å². The van der Waals surface area contributed by atoms with Crippen molar-refractivity contribution in [2.24, 2.45) is 0 Å². The van der Waals surface area contributed by atoms with E-state index in [-0.39, 0.29) is 5.46 Å². The van der Waals surface area contributed by atoms with Gasteiger partial charge in [-0.25, -0.2) is 4.79 Å². The molecule has 0 radical (unpaired) electrons. The van der Waals surface area contributed by atoms with Crippen LogP contribution in [-0.4, -0.2) is 28.2 Å². The normalized spacial score (nSPS) is 10.4. The Kier molecular flexibility index (Phi) is 3.44. The molecule has 14 heavy (non-hydrogen) atoms. The minimum absolute atomic E-state index is 0.282. The van der Waals surface area contributed by atoms with Crippen LogP contribution in [0.1, 0.15) is 5.56 Å². The van der Waals surface area contributed by atoms with Gasteiger partial charge in [-0.2, -0.15) is 0 Å². The Labute approximate surface area is 81.3 Å². The highest BCUT2D eigenvalue weighted by molar-refractivity contribution is 6.59. The summed E-state index contributed by atoms with van der Waals surface area (Å²) in [6.07, 6.45) is 2.26. The number of hydrogen-bond donors (Lipinski definition) is 3. The highest BCUT2D eigenvalue weighted by Crippen LogP contribution is 1.99. The number of carboxylic acid groups (broad SMARTS) is 1. The maximum atomic E-state index is 10.2. The fourth-order valence-corrected chi connectivity index (χ4v) is 1.06. The largest absolute Gasteiger partial charge is 0.489 e. The molecule has 5 heteroatoms. The van der Waals surface area contributed by atoms with Gasteiger partial charge in [-0.15, -0.1) is 0 Å². The van der Waals surface area contributed by atoms with Crippen molar-refractivity contribution >= 4 is 24.6 Å². The molecular formula is C9H9BO4. The van der Waals surface area contributed by atoms with Crippen molar-refractivity contribution in [1.82, 2.24) is 0 Å². The van der Waals surface area contributed by atoms with Crippen LogP contribution >= 0.6 is 0 Å². The molecule has 0 saturated carbocycles. The summed E-state index contributed by atoms with van der Waals surface area (Å²) in [6, 6.07) is 6.46. The fourth-order valence-electron chi connectivity index (χ4n) is 1.06. The lowest BCUT2D eigenvalue weighted by Gasteiger charge is -2.02. The number of aliphatic carboxylic acids is 1. The van der Waals surface area contributed by atoms with Crippen LogP contribution in [0.4, 0.5) is 0 Å². The average molecular weight is 192 g/mol. The molecule has 0 heterocycles. The second-order valence-electron chi connectivity index (χ2n) is 2.67. The van der Waals surface area contributed by atoms with E-state index in [1.54, 1.807) is 18.2 Å². The Morgan fingerprint density at radius 3 is 2.50 bits per heavy atom. The number of hydrogen-bond acceptors (Lipinski definition) is 3. The van der Waals surface area contributed by atoms with Crippen LogP contribution in [0.3, 0.4) is 0 Å². The van der Waals surface area contributed by atoms with Gasteiger partial charge in [0.15, 0.2) is 0 Å². The van der Waals surface area contributed by atoms with E-state index in [0.29, 0.717) is 5.56 Å². The smallest absolute Gasteiger partial charge is 0.478 e. The van der Waals surface area contributed by atoms with Gasteiger partial charge in [0.2, 0.25) is 0 Å². The van der Waals surface area contributed by atoms with E-state index in [2.05, 4.69) is 0 Å². The Morgan fingerprint density at radius 1 is 1.29 bits per heavy atom. The maximum Gasteiger partial charge on any atom is 0.489 e. The zero-order chi connectivity index (χ0) is 10.6. The summed E-state index contributed by atoms with van der Waals surface area (Å²) in [6.45, 7) is 0. The number of carbonyl (C=O) groups is 1. The molecule has 0 aliphatic heterocycles. The second-order valence-corrected chi connectivity index (χ2v) is 2.67. The molecule has 3 N–H and O–H groups in total. The van der Waals surface area contributed by atoms with Crippen molar-refractivity contribution in [3.05, 3.63) is 35.9 Å². The van der Waals surface area contributed by atoms with Gasteiger partial charge in [-0.05, 0) is 17.1 Å². The summed E-state index contributed by atoms with van der Waals surface area (Å²) in [5, 5.41) is 26.3. The number of benzene rings is 1. The minimum atomic E-state index is -1.59. The Hall–Kier alpha value is -1.59. The number of carboxylic acids is 1. The highest BCUT2D eigenvalue weighted by Gasteiger charge is 2.13. The Morgan fingerprint density at radius 2 is 1.93 bits per heavy atom. The van der Waals surface area contributed by atoms with Crippen LogP contribution in [0.25, 0.3) is 6.08 Å². The average Bonchev–Trinajstić information content (AvgIpc) is 2.15. The first-order valence-electron chi connectivity index (χ1n) is 3.97. The van der Waals surface area contributed by atoms with Crippen molar-refractivity contribution in [3.8, 4) is 0 Å². The predicted octanol–water partition coefficient (Wildman–Crippen LogP) is -0.536. The molecule has 0 atom stereocenters. The summed E-state index contributed by atoms with van der Waals surface area (Å²) in [4.78, 5) is 10.2. The Bertz CT molecular complexity index is 360. The molecule has 1 aromatic carbocycles. The zero-order valence-corrected chi connectivity index (χ0v) is 7.29. The van der Waals surface area contributed by atoms with Gasteiger partial charge < -0.3 is 15.2 Å². The van der Waals surface area contributed by atoms with Gasteiger partial charge >= 0.3 is 13.1 Å².